The predicted molar refractivity (Wildman–Crippen MR) is 91.1 cm³/mol. The molecule has 0 unspecified atom stereocenters. The first kappa shape index (κ1) is 15.8. The van der Waals surface area contributed by atoms with Crippen LogP contribution in [0.5, 0.6) is 5.75 Å². The first-order valence-electron chi connectivity index (χ1n) is 8.18. The zero-order valence-electron chi connectivity index (χ0n) is 13.3. The van der Waals surface area contributed by atoms with Gasteiger partial charge in [-0.2, -0.15) is 0 Å². The SMILES string of the molecule is CCN(CC)CCCCCOc1cccc2ccccc12. The Labute approximate surface area is 128 Å². The minimum atomic E-state index is 0.812. The standard InChI is InChI=1S/C19H27NO/c1-3-20(4-2)15-8-5-9-16-21-19-14-10-12-17-11-6-7-13-18(17)19/h6-7,10-14H,3-5,8-9,15-16H2,1-2H3. The van der Waals surface area contributed by atoms with E-state index in [1.54, 1.807) is 0 Å². The van der Waals surface area contributed by atoms with Crippen molar-refractivity contribution in [1.82, 2.24) is 4.90 Å². The van der Waals surface area contributed by atoms with E-state index in [2.05, 4.69) is 61.2 Å². The molecule has 114 valence electrons. The Balaban J connectivity index is 1.73. The second-order valence-corrected chi connectivity index (χ2v) is 5.41. The molecule has 0 amide bonds. The third-order valence-electron chi connectivity index (χ3n) is 4.02. The molecule has 0 bridgehead atoms. The molecule has 0 aromatic heterocycles. The van der Waals surface area contributed by atoms with Crippen LogP contribution in [0, 0.1) is 0 Å². The van der Waals surface area contributed by atoms with E-state index in [1.165, 1.54) is 30.2 Å². The summed E-state index contributed by atoms with van der Waals surface area (Å²) >= 11 is 0. The van der Waals surface area contributed by atoms with Gasteiger partial charge in [0, 0.05) is 5.39 Å². The summed E-state index contributed by atoms with van der Waals surface area (Å²) in [5, 5.41) is 2.46. The van der Waals surface area contributed by atoms with Crippen LogP contribution in [0.4, 0.5) is 0 Å². The number of nitrogens with zero attached hydrogens (tertiary/aromatic N) is 1. The molecule has 2 heteroatoms. The molecule has 21 heavy (non-hydrogen) atoms. The molecule has 0 atom stereocenters. The van der Waals surface area contributed by atoms with Crippen molar-refractivity contribution in [2.75, 3.05) is 26.2 Å². The molecule has 0 spiro atoms. The van der Waals surface area contributed by atoms with Crippen LogP contribution in [0.3, 0.4) is 0 Å². The highest BCUT2D eigenvalue weighted by molar-refractivity contribution is 5.88. The van der Waals surface area contributed by atoms with E-state index in [4.69, 9.17) is 4.74 Å². The van der Waals surface area contributed by atoms with Crippen molar-refractivity contribution in [1.29, 1.82) is 0 Å². The van der Waals surface area contributed by atoms with E-state index in [9.17, 15) is 0 Å². The molecule has 0 radical (unpaired) electrons. The Hall–Kier alpha value is -1.54. The van der Waals surface area contributed by atoms with Gasteiger partial charge in [0.25, 0.3) is 0 Å². The van der Waals surface area contributed by atoms with Gasteiger partial charge in [0.1, 0.15) is 5.75 Å². The van der Waals surface area contributed by atoms with Crippen molar-refractivity contribution in [2.24, 2.45) is 0 Å². The predicted octanol–water partition coefficient (Wildman–Crippen LogP) is 4.73. The van der Waals surface area contributed by atoms with Crippen molar-refractivity contribution in [2.45, 2.75) is 33.1 Å². The summed E-state index contributed by atoms with van der Waals surface area (Å²) in [7, 11) is 0. The number of unbranched alkanes of at least 4 members (excludes halogenated alkanes) is 2. The molecule has 2 rings (SSSR count). The maximum atomic E-state index is 5.97. The van der Waals surface area contributed by atoms with Crippen LogP contribution in [0.2, 0.25) is 0 Å². The average Bonchev–Trinajstić information content (AvgIpc) is 2.54. The molecule has 0 aliphatic rings. The van der Waals surface area contributed by atoms with Crippen LogP contribution in [0.1, 0.15) is 33.1 Å². The van der Waals surface area contributed by atoms with E-state index in [-0.39, 0.29) is 0 Å². The molecule has 0 aliphatic heterocycles. The largest absolute Gasteiger partial charge is 0.493 e. The second-order valence-electron chi connectivity index (χ2n) is 5.41. The van der Waals surface area contributed by atoms with Gasteiger partial charge >= 0.3 is 0 Å². The van der Waals surface area contributed by atoms with E-state index in [0.717, 1.165) is 31.9 Å². The third-order valence-corrected chi connectivity index (χ3v) is 4.02. The fourth-order valence-electron chi connectivity index (χ4n) is 2.66. The normalized spacial score (nSPS) is 11.2. The molecule has 0 saturated carbocycles. The van der Waals surface area contributed by atoms with Crippen LogP contribution in [0.25, 0.3) is 10.8 Å². The molecule has 2 aromatic rings. The number of benzene rings is 2. The van der Waals surface area contributed by atoms with Crippen LogP contribution >= 0.6 is 0 Å². The smallest absolute Gasteiger partial charge is 0.127 e. The van der Waals surface area contributed by atoms with Crippen molar-refractivity contribution < 1.29 is 4.74 Å². The highest BCUT2D eigenvalue weighted by Gasteiger charge is 2.01. The lowest BCUT2D eigenvalue weighted by Gasteiger charge is -2.17. The fraction of sp³-hybridized carbons (Fsp3) is 0.474. The lowest BCUT2D eigenvalue weighted by molar-refractivity contribution is 0.278. The monoisotopic (exact) mass is 285 g/mol. The number of fused-ring (bicyclic) bond motifs is 1. The van der Waals surface area contributed by atoms with Crippen molar-refractivity contribution >= 4 is 10.8 Å². The van der Waals surface area contributed by atoms with Gasteiger partial charge in [-0.1, -0.05) is 50.2 Å². The lowest BCUT2D eigenvalue weighted by Crippen LogP contribution is -2.23. The number of rotatable bonds is 9. The number of ether oxygens (including phenoxy) is 1. The van der Waals surface area contributed by atoms with Gasteiger partial charge in [-0.15, -0.1) is 0 Å². The first-order valence-corrected chi connectivity index (χ1v) is 8.18. The van der Waals surface area contributed by atoms with E-state index in [0.29, 0.717) is 0 Å². The first-order chi connectivity index (χ1) is 10.3. The molecule has 2 nitrogen and oxygen atoms in total. The Morgan fingerprint density at radius 2 is 1.62 bits per heavy atom. The topological polar surface area (TPSA) is 12.5 Å². The quantitative estimate of drug-likeness (QED) is 0.618. The summed E-state index contributed by atoms with van der Waals surface area (Å²) in [4.78, 5) is 2.48. The Morgan fingerprint density at radius 3 is 2.43 bits per heavy atom. The molecular formula is C19H27NO. The molecule has 0 saturated heterocycles. The summed E-state index contributed by atoms with van der Waals surface area (Å²) in [5.41, 5.74) is 0. The molecule has 0 heterocycles. The summed E-state index contributed by atoms with van der Waals surface area (Å²) in [5.74, 6) is 1.01. The van der Waals surface area contributed by atoms with E-state index >= 15 is 0 Å². The van der Waals surface area contributed by atoms with Gasteiger partial charge in [-0.3, -0.25) is 0 Å². The van der Waals surface area contributed by atoms with Crippen molar-refractivity contribution in [3.63, 3.8) is 0 Å². The summed E-state index contributed by atoms with van der Waals surface area (Å²) in [6.45, 7) is 8.79. The Bertz CT molecular complexity index is 529. The van der Waals surface area contributed by atoms with Crippen molar-refractivity contribution in [3.8, 4) is 5.75 Å². The summed E-state index contributed by atoms with van der Waals surface area (Å²) in [6.07, 6.45) is 3.63. The van der Waals surface area contributed by atoms with Crippen LogP contribution < -0.4 is 4.74 Å². The van der Waals surface area contributed by atoms with E-state index < -0.39 is 0 Å². The van der Waals surface area contributed by atoms with Gasteiger partial charge in [-0.05, 0) is 50.3 Å². The molecule has 2 aromatic carbocycles. The summed E-state index contributed by atoms with van der Waals surface area (Å²) < 4.78 is 5.97. The minimum Gasteiger partial charge on any atom is -0.493 e. The highest BCUT2D eigenvalue weighted by atomic mass is 16.5. The van der Waals surface area contributed by atoms with E-state index in [1.807, 2.05) is 0 Å². The van der Waals surface area contributed by atoms with Crippen LogP contribution in [0.15, 0.2) is 42.5 Å². The van der Waals surface area contributed by atoms with Gasteiger partial charge in [-0.25, -0.2) is 0 Å². The maximum absolute atomic E-state index is 5.97. The zero-order chi connectivity index (χ0) is 14.9. The van der Waals surface area contributed by atoms with Crippen molar-refractivity contribution in [3.05, 3.63) is 42.5 Å². The van der Waals surface area contributed by atoms with Gasteiger partial charge in [0.15, 0.2) is 0 Å². The van der Waals surface area contributed by atoms with Gasteiger partial charge in [0.05, 0.1) is 6.61 Å². The van der Waals surface area contributed by atoms with Crippen LogP contribution in [-0.2, 0) is 0 Å². The fourth-order valence-corrected chi connectivity index (χ4v) is 2.66. The summed E-state index contributed by atoms with van der Waals surface area (Å²) in [6, 6.07) is 14.7. The number of hydrogen-bond donors (Lipinski definition) is 0. The molecule has 0 aliphatic carbocycles. The molecule has 0 fully saturated rings. The van der Waals surface area contributed by atoms with Crippen LogP contribution in [-0.4, -0.2) is 31.1 Å². The van der Waals surface area contributed by atoms with Gasteiger partial charge in [0.2, 0.25) is 0 Å². The Morgan fingerprint density at radius 1 is 0.857 bits per heavy atom. The zero-order valence-corrected chi connectivity index (χ0v) is 13.3. The Kier molecular flexibility index (Phi) is 6.55. The second kappa shape index (κ2) is 8.68. The molecule has 0 N–H and O–H groups in total. The highest BCUT2D eigenvalue weighted by Crippen LogP contribution is 2.25. The maximum Gasteiger partial charge on any atom is 0.127 e. The van der Waals surface area contributed by atoms with Gasteiger partial charge < -0.3 is 9.64 Å². The molecular weight excluding hydrogens is 258 g/mol. The minimum absolute atomic E-state index is 0.812. The lowest BCUT2D eigenvalue weighted by atomic mass is 10.1. The number of hydrogen-bond acceptors (Lipinski definition) is 2. The average molecular weight is 285 g/mol. The third kappa shape index (κ3) is 4.75.